The highest BCUT2D eigenvalue weighted by atomic mass is 16.5. The molecular formula is C18H19NO4. The SMILES string of the molecule is Cc1c(NC(=O)c2ccc(OC(C)C)cc2)cccc1C(=O)O. The van der Waals surface area contributed by atoms with Gasteiger partial charge in [0, 0.05) is 11.3 Å². The molecule has 2 aromatic rings. The van der Waals surface area contributed by atoms with Crippen molar-refractivity contribution in [1.82, 2.24) is 0 Å². The first kappa shape index (κ1) is 16.5. The molecule has 0 spiro atoms. The average Bonchev–Trinajstić information content (AvgIpc) is 2.49. The minimum Gasteiger partial charge on any atom is -0.491 e. The first-order valence-electron chi connectivity index (χ1n) is 7.29. The molecule has 0 aliphatic rings. The predicted octanol–water partition coefficient (Wildman–Crippen LogP) is 3.73. The van der Waals surface area contributed by atoms with E-state index < -0.39 is 5.97 Å². The number of aromatic carboxylic acids is 1. The molecule has 2 aromatic carbocycles. The lowest BCUT2D eigenvalue weighted by molar-refractivity contribution is 0.0695. The number of hydrogen-bond donors (Lipinski definition) is 2. The largest absolute Gasteiger partial charge is 0.491 e. The molecule has 2 rings (SSSR count). The minimum absolute atomic E-state index is 0.0658. The van der Waals surface area contributed by atoms with Crippen molar-refractivity contribution in [2.45, 2.75) is 26.9 Å². The average molecular weight is 313 g/mol. The van der Waals surface area contributed by atoms with Gasteiger partial charge < -0.3 is 15.2 Å². The van der Waals surface area contributed by atoms with Crippen LogP contribution in [-0.2, 0) is 0 Å². The molecule has 0 heterocycles. The molecule has 0 aromatic heterocycles. The summed E-state index contributed by atoms with van der Waals surface area (Å²) in [6, 6.07) is 11.6. The summed E-state index contributed by atoms with van der Waals surface area (Å²) in [5, 5.41) is 11.9. The van der Waals surface area contributed by atoms with Gasteiger partial charge in [0.15, 0.2) is 0 Å². The molecule has 5 nitrogen and oxygen atoms in total. The number of carboxylic acid groups (broad SMARTS) is 1. The quantitative estimate of drug-likeness (QED) is 0.882. The highest BCUT2D eigenvalue weighted by Gasteiger charge is 2.13. The van der Waals surface area contributed by atoms with Crippen molar-refractivity contribution >= 4 is 17.6 Å². The highest BCUT2D eigenvalue weighted by Crippen LogP contribution is 2.20. The zero-order valence-corrected chi connectivity index (χ0v) is 13.3. The second-order valence-corrected chi connectivity index (χ2v) is 5.43. The standard InChI is InChI=1S/C18H19NO4/c1-11(2)23-14-9-7-13(8-10-14)17(20)19-16-6-4-5-15(12(16)3)18(21)22/h4-11H,1-3H3,(H,19,20)(H,21,22). The number of carboxylic acids is 1. The number of carbonyl (C=O) groups excluding carboxylic acids is 1. The van der Waals surface area contributed by atoms with Gasteiger partial charge in [0.05, 0.1) is 11.7 Å². The van der Waals surface area contributed by atoms with Crippen LogP contribution in [0.1, 0.15) is 40.1 Å². The maximum absolute atomic E-state index is 12.3. The zero-order valence-electron chi connectivity index (χ0n) is 13.3. The van der Waals surface area contributed by atoms with E-state index in [1.165, 1.54) is 6.07 Å². The summed E-state index contributed by atoms with van der Waals surface area (Å²) in [7, 11) is 0. The fourth-order valence-electron chi connectivity index (χ4n) is 2.15. The molecule has 23 heavy (non-hydrogen) atoms. The summed E-state index contributed by atoms with van der Waals surface area (Å²) in [6.07, 6.45) is 0.0658. The Kier molecular flexibility index (Phi) is 5.01. The van der Waals surface area contributed by atoms with Crippen LogP contribution in [0.2, 0.25) is 0 Å². The van der Waals surface area contributed by atoms with Crippen LogP contribution in [-0.4, -0.2) is 23.1 Å². The Bertz CT molecular complexity index is 720. The van der Waals surface area contributed by atoms with Crippen LogP contribution in [0.3, 0.4) is 0 Å². The van der Waals surface area contributed by atoms with E-state index in [0.29, 0.717) is 22.6 Å². The first-order chi connectivity index (χ1) is 10.9. The van der Waals surface area contributed by atoms with E-state index in [2.05, 4.69) is 5.32 Å². The number of rotatable bonds is 5. The maximum atomic E-state index is 12.3. The molecule has 0 fully saturated rings. The van der Waals surface area contributed by atoms with Crippen molar-refractivity contribution in [1.29, 1.82) is 0 Å². The number of benzene rings is 2. The molecule has 0 bridgehead atoms. The topological polar surface area (TPSA) is 75.6 Å². The van der Waals surface area contributed by atoms with E-state index in [9.17, 15) is 9.59 Å². The highest BCUT2D eigenvalue weighted by molar-refractivity contribution is 6.05. The Labute approximate surface area is 134 Å². The third-order valence-corrected chi connectivity index (χ3v) is 3.30. The third-order valence-electron chi connectivity index (χ3n) is 3.30. The molecule has 0 radical (unpaired) electrons. The summed E-state index contributed by atoms with van der Waals surface area (Å²) in [6.45, 7) is 5.52. The van der Waals surface area contributed by atoms with Crippen molar-refractivity contribution < 1.29 is 19.4 Å². The molecule has 0 unspecified atom stereocenters. The Balaban J connectivity index is 2.16. The third kappa shape index (κ3) is 4.10. The smallest absolute Gasteiger partial charge is 0.336 e. The van der Waals surface area contributed by atoms with Crippen molar-refractivity contribution in [2.75, 3.05) is 5.32 Å². The van der Waals surface area contributed by atoms with Gasteiger partial charge in [-0.3, -0.25) is 4.79 Å². The Morgan fingerprint density at radius 3 is 2.30 bits per heavy atom. The van der Waals surface area contributed by atoms with Crippen LogP contribution in [0.25, 0.3) is 0 Å². The molecule has 1 amide bonds. The lowest BCUT2D eigenvalue weighted by Crippen LogP contribution is -2.14. The number of anilines is 1. The number of hydrogen-bond acceptors (Lipinski definition) is 3. The van der Waals surface area contributed by atoms with Crippen LogP contribution in [0.4, 0.5) is 5.69 Å². The van der Waals surface area contributed by atoms with E-state index >= 15 is 0 Å². The van der Waals surface area contributed by atoms with Crippen molar-refractivity contribution in [3.63, 3.8) is 0 Å². The molecule has 0 aliphatic carbocycles. The lowest BCUT2D eigenvalue weighted by atomic mass is 10.1. The van der Waals surface area contributed by atoms with Crippen LogP contribution < -0.4 is 10.1 Å². The minimum atomic E-state index is -1.02. The molecule has 5 heteroatoms. The predicted molar refractivity (Wildman–Crippen MR) is 88.3 cm³/mol. The summed E-state index contributed by atoms with van der Waals surface area (Å²) >= 11 is 0. The van der Waals surface area contributed by atoms with Crippen LogP contribution in [0.5, 0.6) is 5.75 Å². The summed E-state index contributed by atoms with van der Waals surface area (Å²) in [5.41, 5.74) is 1.65. The second kappa shape index (κ2) is 6.96. The molecule has 0 atom stereocenters. The van der Waals surface area contributed by atoms with Gasteiger partial charge >= 0.3 is 5.97 Å². The van der Waals surface area contributed by atoms with Gasteiger partial charge in [0.2, 0.25) is 0 Å². The summed E-state index contributed by atoms with van der Waals surface area (Å²) in [5.74, 6) is -0.624. The van der Waals surface area contributed by atoms with Crippen LogP contribution >= 0.6 is 0 Å². The molecule has 0 saturated carbocycles. The zero-order chi connectivity index (χ0) is 17.0. The van der Waals surface area contributed by atoms with E-state index in [1.54, 1.807) is 43.3 Å². The van der Waals surface area contributed by atoms with Gasteiger partial charge in [-0.25, -0.2) is 4.79 Å². The summed E-state index contributed by atoms with van der Waals surface area (Å²) in [4.78, 5) is 23.4. The summed E-state index contributed by atoms with van der Waals surface area (Å²) < 4.78 is 5.53. The van der Waals surface area contributed by atoms with E-state index in [1.807, 2.05) is 13.8 Å². The van der Waals surface area contributed by atoms with E-state index in [4.69, 9.17) is 9.84 Å². The van der Waals surface area contributed by atoms with E-state index in [-0.39, 0.29) is 17.6 Å². The van der Waals surface area contributed by atoms with Gasteiger partial charge in [-0.1, -0.05) is 6.07 Å². The van der Waals surface area contributed by atoms with E-state index in [0.717, 1.165) is 0 Å². The molecule has 2 N–H and O–H groups in total. The molecule has 120 valence electrons. The van der Waals surface area contributed by atoms with Crippen molar-refractivity contribution in [3.8, 4) is 5.75 Å². The fourth-order valence-corrected chi connectivity index (χ4v) is 2.15. The molecule has 0 aliphatic heterocycles. The number of carbonyl (C=O) groups is 2. The molecule has 0 saturated heterocycles. The lowest BCUT2D eigenvalue weighted by Gasteiger charge is -2.12. The maximum Gasteiger partial charge on any atom is 0.336 e. The normalized spacial score (nSPS) is 10.4. The van der Waals surface area contributed by atoms with Crippen molar-refractivity contribution in [2.24, 2.45) is 0 Å². The van der Waals surface area contributed by atoms with Crippen LogP contribution in [0, 0.1) is 6.92 Å². The van der Waals surface area contributed by atoms with Crippen LogP contribution in [0.15, 0.2) is 42.5 Å². The van der Waals surface area contributed by atoms with Crippen molar-refractivity contribution in [3.05, 3.63) is 59.2 Å². The van der Waals surface area contributed by atoms with Gasteiger partial charge in [0.1, 0.15) is 5.75 Å². The van der Waals surface area contributed by atoms with Gasteiger partial charge in [-0.15, -0.1) is 0 Å². The Morgan fingerprint density at radius 2 is 1.74 bits per heavy atom. The monoisotopic (exact) mass is 313 g/mol. The van der Waals surface area contributed by atoms with Gasteiger partial charge in [-0.2, -0.15) is 0 Å². The number of amides is 1. The molecular weight excluding hydrogens is 294 g/mol. The second-order valence-electron chi connectivity index (χ2n) is 5.43. The number of ether oxygens (including phenoxy) is 1. The fraction of sp³-hybridized carbons (Fsp3) is 0.222. The van der Waals surface area contributed by atoms with Gasteiger partial charge in [-0.05, 0) is 62.7 Å². The Hall–Kier alpha value is -2.82. The first-order valence-corrected chi connectivity index (χ1v) is 7.29. The number of nitrogens with one attached hydrogen (secondary N) is 1. The van der Waals surface area contributed by atoms with Gasteiger partial charge in [0.25, 0.3) is 5.91 Å². The Morgan fingerprint density at radius 1 is 1.09 bits per heavy atom.